The van der Waals surface area contributed by atoms with Gasteiger partial charge in [-0.3, -0.25) is 4.79 Å². The lowest BCUT2D eigenvalue weighted by atomic mass is 9.99. The molecule has 0 radical (unpaired) electrons. The van der Waals surface area contributed by atoms with Crippen LogP contribution in [0.15, 0.2) is 24.3 Å². The number of nitrogens with one attached hydrogen (secondary N) is 2. The zero-order chi connectivity index (χ0) is 14.8. The maximum atomic E-state index is 11.9. The number of aliphatic hydroxyl groups is 1. The average Bonchev–Trinajstić information content (AvgIpc) is 3.21. The minimum Gasteiger partial charge on any atom is -0.380 e. The zero-order valence-electron chi connectivity index (χ0n) is 11.3. The first-order valence-corrected chi connectivity index (χ1v) is 6.55. The molecule has 20 heavy (non-hydrogen) atoms. The lowest BCUT2D eigenvalue weighted by Crippen LogP contribution is -2.45. The fourth-order valence-electron chi connectivity index (χ4n) is 2.04. The predicted molar refractivity (Wildman–Crippen MR) is 74.8 cm³/mol. The summed E-state index contributed by atoms with van der Waals surface area (Å²) in [6.07, 6.45) is 1.79. The second-order valence-corrected chi connectivity index (χ2v) is 5.29. The van der Waals surface area contributed by atoms with Gasteiger partial charge in [-0.15, -0.1) is 0 Å². The standard InChI is InChI=1S/C14H19N3O3/c1-14(20,10-4-5-10)12(18)16-8-9-2-6-11(7-3-9)17-13(15)19/h2-3,6-7,10,20H,4-5,8H2,1H3,(H,16,18)(H3,15,17,19). The first kappa shape index (κ1) is 14.3. The van der Waals surface area contributed by atoms with Gasteiger partial charge in [-0.1, -0.05) is 12.1 Å². The fourth-order valence-corrected chi connectivity index (χ4v) is 2.04. The molecule has 6 nitrogen and oxygen atoms in total. The van der Waals surface area contributed by atoms with Crippen molar-refractivity contribution in [3.63, 3.8) is 0 Å². The smallest absolute Gasteiger partial charge is 0.316 e. The molecular formula is C14H19N3O3. The van der Waals surface area contributed by atoms with Gasteiger partial charge in [-0.05, 0) is 43.4 Å². The van der Waals surface area contributed by atoms with Crippen molar-refractivity contribution in [2.75, 3.05) is 5.32 Å². The molecule has 1 aromatic carbocycles. The van der Waals surface area contributed by atoms with Gasteiger partial charge < -0.3 is 21.5 Å². The van der Waals surface area contributed by atoms with Crippen LogP contribution < -0.4 is 16.4 Å². The maximum Gasteiger partial charge on any atom is 0.316 e. The molecule has 0 bridgehead atoms. The molecule has 1 aliphatic rings. The molecule has 0 aromatic heterocycles. The second kappa shape index (κ2) is 5.50. The summed E-state index contributed by atoms with van der Waals surface area (Å²) in [5.74, 6) is -0.274. The van der Waals surface area contributed by atoms with Crippen LogP contribution in [-0.4, -0.2) is 22.6 Å². The molecule has 5 N–H and O–H groups in total. The molecule has 6 heteroatoms. The van der Waals surface area contributed by atoms with Crippen LogP contribution in [0.4, 0.5) is 10.5 Å². The van der Waals surface area contributed by atoms with E-state index in [-0.39, 0.29) is 11.8 Å². The van der Waals surface area contributed by atoms with E-state index in [1.807, 2.05) is 0 Å². The number of carbonyl (C=O) groups excluding carboxylic acids is 2. The Labute approximate surface area is 117 Å². The highest BCUT2D eigenvalue weighted by Gasteiger charge is 2.45. The molecule has 1 atom stereocenters. The fraction of sp³-hybridized carbons (Fsp3) is 0.429. The van der Waals surface area contributed by atoms with Crippen LogP contribution in [0.1, 0.15) is 25.3 Å². The zero-order valence-corrected chi connectivity index (χ0v) is 11.3. The van der Waals surface area contributed by atoms with Gasteiger partial charge in [0.2, 0.25) is 0 Å². The van der Waals surface area contributed by atoms with E-state index in [0.717, 1.165) is 18.4 Å². The summed E-state index contributed by atoms with van der Waals surface area (Å²) in [6.45, 7) is 1.89. The lowest BCUT2D eigenvalue weighted by Gasteiger charge is -2.21. The summed E-state index contributed by atoms with van der Waals surface area (Å²) in [5, 5.41) is 15.2. The normalized spacial score (nSPS) is 17.1. The molecule has 2 rings (SSSR count). The quantitative estimate of drug-likeness (QED) is 0.644. The Morgan fingerprint density at radius 1 is 1.35 bits per heavy atom. The third-order valence-electron chi connectivity index (χ3n) is 3.51. The van der Waals surface area contributed by atoms with E-state index in [1.54, 1.807) is 31.2 Å². The van der Waals surface area contributed by atoms with E-state index >= 15 is 0 Å². The Balaban J connectivity index is 1.87. The van der Waals surface area contributed by atoms with Gasteiger partial charge in [0.25, 0.3) is 5.91 Å². The van der Waals surface area contributed by atoms with Crippen LogP contribution in [0.25, 0.3) is 0 Å². The van der Waals surface area contributed by atoms with Crippen LogP contribution in [0.5, 0.6) is 0 Å². The lowest BCUT2D eigenvalue weighted by molar-refractivity contribution is -0.140. The summed E-state index contributed by atoms with van der Waals surface area (Å²) in [4.78, 5) is 22.6. The number of urea groups is 1. The molecule has 1 saturated carbocycles. The van der Waals surface area contributed by atoms with E-state index in [2.05, 4.69) is 10.6 Å². The van der Waals surface area contributed by atoms with E-state index in [9.17, 15) is 14.7 Å². The van der Waals surface area contributed by atoms with Gasteiger partial charge in [0.1, 0.15) is 5.60 Å². The van der Waals surface area contributed by atoms with Crippen molar-refractivity contribution < 1.29 is 14.7 Å². The van der Waals surface area contributed by atoms with Gasteiger partial charge in [-0.2, -0.15) is 0 Å². The monoisotopic (exact) mass is 277 g/mol. The predicted octanol–water partition coefficient (Wildman–Crippen LogP) is 0.954. The number of carbonyl (C=O) groups is 2. The number of benzene rings is 1. The van der Waals surface area contributed by atoms with Crippen LogP contribution in [0.3, 0.4) is 0 Å². The largest absolute Gasteiger partial charge is 0.380 e. The number of rotatable bonds is 5. The molecule has 1 unspecified atom stereocenters. The molecule has 108 valence electrons. The third kappa shape index (κ3) is 3.48. The number of amides is 3. The Morgan fingerprint density at radius 2 is 1.95 bits per heavy atom. The van der Waals surface area contributed by atoms with Gasteiger partial charge in [0.05, 0.1) is 0 Å². The van der Waals surface area contributed by atoms with E-state index in [1.165, 1.54) is 0 Å². The molecule has 3 amide bonds. The Bertz CT molecular complexity index is 507. The molecule has 0 heterocycles. The minimum atomic E-state index is -1.28. The van der Waals surface area contributed by atoms with Crippen LogP contribution in [-0.2, 0) is 11.3 Å². The second-order valence-electron chi connectivity index (χ2n) is 5.29. The van der Waals surface area contributed by atoms with E-state index in [0.29, 0.717) is 12.2 Å². The summed E-state index contributed by atoms with van der Waals surface area (Å²) in [6, 6.07) is 6.33. The average molecular weight is 277 g/mol. The van der Waals surface area contributed by atoms with E-state index in [4.69, 9.17) is 5.73 Å². The van der Waals surface area contributed by atoms with Crippen LogP contribution in [0, 0.1) is 5.92 Å². The Hall–Kier alpha value is -2.08. The first-order chi connectivity index (χ1) is 9.39. The topological polar surface area (TPSA) is 104 Å². The molecule has 1 aliphatic carbocycles. The Morgan fingerprint density at radius 3 is 2.45 bits per heavy atom. The molecule has 1 aromatic rings. The number of nitrogens with two attached hydrogens (primary N) is 1. The summed E-state index contributed by atoms with van der Waals surface area (Å²) in [5.41, 5.74) is 5.19. The first-order valence-electron chi connectivity index (χ1n) is 6.55. The summed E-state index contributed by atoms with van der Waals surface area (Å²) < 4.78 is 0. The maximum absolute atomic E-state index is 11.9. The number of anilines is 1. The van der Waals surface area contributed by atoms with Crippen LogP contribution in [0.2, 0.25) is 0 Å². The number of hydrogen-bond donors (Lipinski definition) is 4. The van der Waals surface area contributed by atoms with Crippen molar-refractivity contribution in [2.45, 2.75) is 31.9 Å². The third-order valence-corrected chi connectivity index (χ3v) is 3.51. The molecule has 0 spiro atoms. The van der Waals surface area contributed by atoms with Crippen molar-refractivity contribution in [3.05, 3.63) is 29.8 Å². The van der Waals surface area contributed by atoms with Gasteiger partial charge >= 0.3 is 6.03 Å². The van der Waals surface area contributed by atoms with Crippen molar-refractivity contribution >= 4 is 17.6 Å². The molecule has 0 aliphatic heterocycles. The highest BCUT2D eigenvalue weighted by Crippen LogP contribution is 2.39. The number of primary amides is 1. The van der Waals surface area contributed by atoms with Crippen LogP contribution >= 0.6 is 0 Å². The Kier molecular flexibility index (Phi) is 3.94. The molecule has 0 saturated heterocycles. The highest BCUT2D eigenvalue weighted by atomic mass is 16.3. The molecular weight excluding hydrogens is 258 g/mol. The van der Waals surface area contributed by atoms with Gasteiger partial charge in [0.15, 0.2) is 0 Å². The van der Waals surface area contributed by atoms with Crippen molar-refractivity contribution in [2.24, 2.45) is 11.7 Å². The van der Waals surface area contributed by atoms with Gasteiger partial charge in [-0.25, -0.2) is 4.79 Å². The summed E-state index contributed by atoms with van der Waals surface area (Å²) >= 11 is 0. The summed E-state index contributed by atoms with van der Waals surface area (Å²) in [7, 11) is 0. The highest BCUT2D eigenvalue weighted by molar-refractivity contribution is 5.87. The molecule has 1 fully saturated rings. The van der Waals surface area contributed by atoms with Crippen molar-refractivity contribution in [3.8, 4) is 0 Å². The minimum absolute atomic E-state index is 0.0737. The number of hydrogen-bond acceptors (Lipinski definition) is 3. The SMILES string of the molecule is CC(O)(C(=O)NCc1ccc(NC(N)=O)cc1)C1CC1. The van der Waals surface area contributed by atoms with Crippen molar-refractivity contribution in [1.82, 2.24) is 5.32 Å². The van der Waals surface area contributed by atoms with E-state index < -0.39 is 11.6 Å². The van der Waals surface area contributed by atoms with Gasteiger partial charge in [0, 0.05) is 12.2 Å². The van der Waals surface area contributed by atoms with Crippen molar-refractivity contribution in [1.29, 1.82) is 0 Å².